The number of carbonyl (C=O) groups is 1. The summed E-state index contributed by atoms with van der Waals surface area (Å²) in [4.78, 5) is 19.6. The van der Waals surface area contributed by atoms with E-state index < -0.39 is 22.2 Å². The Hall–Kier alpha value is -3.13. The van der Waals surface area contributed by atoms with Crippen molar-refractivity contribution in [2.24, 2.45) is 11.8 Å². The zero-order valence-corrected chi connectivity index (χ0v) is 23.7. The van der Waals surface area contributed by atoms with Crippen molar-refractivity contribution in [2.45, 2.75) is 51.2 Å². The van der Waals surface area contributed by atoms with E-state index in [-0.39, 0.29) is 47.9 Å². The summed E-state index contributed by atoms with van der Waals surface area (Å²) in [5.41, 5.74) is 0.817. The molecule has 1 N–H and O–H groups in total. The molecule has 0 spiro atoms. The molecule has 0 fully saturated rings. The van der Waals surface area contributed by atoms with E-state index in [1.54, 1.807) is 36.2 Å². The maximum absolute atomic E-state index is 13.5. The molecule has 0 radical (unpaired) electrons. The van der Waals surface area contributed by atoms with Crippen LogP contribution in [-0.4, -0.2) is 79.6 Å². The SMILES string of the molecule is COc1cccc(S(=O)(=O)N(C)C[C@@H]2Oc3ncc(C#CCC(C)C)cc3C(=O)N([C@H](C)CO)C[C@@H]2C)c1. The molecule has 1 aromatic heterocycles. The first-order chi connectivity index (χ1) is 18.0. The molecule has 9 nitrogen and oxygen atoms in total. The van der Waals surface area contributed by atoms with Crippen molar-refractivity contribution < 1.29 is 27.8 Å². The predicted octanol–water partition coefficient (Wildman–Crippen LogP) is 3.03. The van der Waals surface area contributed by atoms with Gasteiger partial charge in [-0.1, -0.05) is 38.7 Å². The van der Waals surface area contributed by atoms with Crippen LogP contribution >= 0.6 is 0 Å². The standard InChI is InChI=1S/C28H37N3O6S/c1-19(2)9-7-10-22-13-25-27(29-15-22)37-26(20(3)16-31(28(25)33)21(4)18-32)17-30(5)38(34,35)24-12-8-11-23(14-24)36-6/h8,11-15,19-21,26,32H,9,16-18H2,1-6H3/t20-,21+,26-/m0/s1. The van der Waals surface area contributed by atoms with Gasteiger partial charge in [-0.05, 0) is 31.0 Å². The molecule has 2 heterocycles. The molecule has 38 heavy (non-hydrogen) atoms. The Morgan fingerprint density at radius 2 is 2.03 bits per heavy atom. The number of benzene rings is 1. The first-order valence-corrected chi connectivity index (χ1v) is 14.1. The molecule has 3 rings (SSSR count). The summed E-state index contributed by atoms with van der Waals surface area (Å²) in [6.45, 7) is 7.87. The summed E-state index contributed by atoms with van der Waals surface area (Å²) in [7, 11) is -0.879. The Morgan fingerprint density at radius 1 is 1.29 bits per heavy atom. The number of aliphatic hydroxyl groups excluding tert-OH is 1. The van der Waals surface area contributed by atoms with Gasteiger partial charge in [0.15, 0.2) is 0 Å². The van der Waals surface area contributed by atoms with Crippen LogP contribution in [-0.2, 0) is 10.0 Å². The number of methoxy groups -OCH3 is 1. The lowest BCUT2D eigenvalue weighted by Gasteiger charge is -2.37. The van der Waals surface area contributed by atoms with Gasteiger partial charge in [-0.15, -0.1) is 0 Å². The fraction of sp³-hybridized carbons (Fsp3) is 0.500. The lowest BCUT2D eigenvalue weighted by molar-refractivity contribution is 0.0373. The molecule has 2 aromatic rings. The highest BCUT2D eigenvalue weighted by molar-refractivity contribution is 7.89. The molecule has 1 aliphatic rings. The van der Waals surface area contributed by atoms with Crippen LogP contribution in [0, 0.1) is 23.7 Å². The van der Waals surface area contributed by atoms with Gasteiger partial charge in [0, 0.05) is 43.8 Å². The largest absolute Gasteiger partial charge is 0.497 e. The number of amides is 1. The van der Waals surface area contributed by atoms with Crippen LogP contribution in [0.25, 0.3) is 0 Å². The van der Waals surface area contributed by atoms with E-state index >= 15 is 0 Å². The molecule has 10 heteroatoms. The van der Waals surface area contributed by atoms with Gasteiger partial charge in [0.25, 0.3) is 5.91 Å². The van der Waals surface area contributed by atoms with Crippen LogP contribution in [0.5, 0.6) is 11.6 Å². The van der Waals surface area contributed by atoms with Crippen molar-refractivity contribution in [3.8, 4) is 23.5 Å². The molecule has 206 valence electrons. The van der Waals surface area contributed by atoms with Crippen LogP contribution in [0.15, 0.2) is 41.4 Å². The summed E-state index contributed by atoms with van der Waals surface area (Å²) < 4.78 is 39.3. The number of aromatic nitrogens is 1. The minimum Gasteiger partial charge on any atom is -0.497 e. The van der Waals surface area contributed by atoms with Crippen molar-refractivity contribution in [1.82, 2.24) is 14.2 Å². The van der Waals surface area contributed by atoms with Gasteiger partial charge in [-0.3, -0.25) is 4.79 Å². The molecular weight excluding hydrogens is 506 g/mol. The van der Waals surface area contributed by atoms with Crippen molar-refractivity contribution in [1.29, 1.82) is 0 Å². The summed E-state index contributed by atoms with van der Waals surface area (Å²) in [6, 6.07) is 7.48. The molecule has 0 saturated heterocycles. The van der Waals surface area contributed by atoms with Crippen LogP contribution < -0.4 is 9.47 Å². The molecule has 0 aliphatic carbocycles. The number of aliphatic hydroxyl groups is 1. The van der Waals surface area contributed by atoms with E-state index in [0.717, 1.165) is 0 Å². The van der Waals surface area contributed by atoms with E-state index in [0.29, 0.717) is 23.7 Å². The lowest BCUT2D eigenvalue weighted by Crippen LogP contribution is -2.50. The van der Waals surface area contributed by atoms with E-state index in [1.165, 1.54) is 30.6 Å². The second-order valence-electron chi connectivity index (χ2n) is 10.1. The minimum absolute atomic E-state index is 0.0211. The van der Waals surface area contributed by atoms with Crippen LogP contribution in [0.3, 0.4) is 0 Å². The van der Waals surface area contributed by atoms with Crippen molar-refractivity contribution in [3.63, 3.8) is 0 Å². The fourth-order valence-corrected chi connectivity index (χ4v) is 5.26. The Bertz CT molecular complexity index is 1300. The van der Waals surface area contributed by atoms with Gasteiger partial charge in [0.05, 0.1) is 31.2 Å². The molecule has 1 amide bonds. The number of rotatable bonds is 8. The molecule has 0 saturated carbocycles. The number of ether oxygens (including phenoxy) is 2. The highest BCUT2D eigenvalue weighted by Gasteiger charge is 2.36. The average Bonchev–Trinajstić information content (AvgIpc) is 2.90. The second kappa shape index (κ2) is 12.6. The third-order valence-corrected chi connectivity index (χ3v) is 8.27. The van der Waals surface area contributed by atoms with E-state index in [2.05, 4.69) is 30.7 Å². The van der Waals surface area contributed by atoms with Crippen molar-refractivity contribution >= 4 is 15.9 Å². The fourth-order valence-electron chi connectivity index (χ4n) is 4.04. The predicted molar refractivity (Wildman–Crippen MR) is 145 cm³/mol. The highest BCUT2D eigenvalue weighted by atomic mass is 32.2. The number of fused-ring (bicyclic) bond motifs is 1. The number of nitrogens with zero attached hydrogens (tertiary/aromatic N) is 3. The second-order valence-corrected chi connectivity index (χ2v) is 12.1. The summed E-state index contributed by atoms with van der Waals surface area (Å²) in [6.07, 6.45) is 1.65. The maximum atomic E-state index is 13.5. The molecule has 0 unspecified atom stereocenters. The number of hydrogen-bond acceptors (Lipinski definition) is 7. The topological polar surface area (TPSA) is 109 Å². The van der Waals surface area contributed by atoms with Gasteiger partial charge in [0.1, 0.15) is 17.4 Å². The van der Waals surface area contributed by atoms with Gasteiger partial charge in [-0.2, -0.15) is 4.31 Å². The van der Waals surface area contributed by atoms with Gasteiger partial charge in [-0.25, -0.2) is 13.4 Å². The van der Waals surface area contributed by atoms with E-state index in [4.69, 9.17) is 9.47 Å². The maximum Gasteiger partial charge on any atom is 0.259 e. The third-order valence-electron chi connectivity index (χ3n) is 6.45. The summed E-state index contributed by atoms with van der Waals surface area (Å²) in [5, 5.41) is 9.85. The van der Waals surface area contributed by atoms with Gasteiger partial charge >= 0.3 is 0 Å². The monoisotopic (exact) mass is 543 g/mol. The first kappa shape index (κ1) is 29.4. The number of hydrogen-bond donors (Lipinski definition) is 1. The average molecular weight is 544 g/mol. The Kier molecular flexibility index (Phi) is 9.77. The Morgan fingerprint density at radius 3 is 2.68 bits per heavy atom. The van der Waals surface area contributed by atoms with Crippen molar-refractivity contribution in [3.05, 3.63) is 47.7 Å². The van der Waals surface area contributed by atoms with Crippen LogP contribution in [0.4, 0.5) is 0 Å². The number of carbonyl (C=O) groups excluding carboxylic acids is 1. The Balaban J connectivity index is 1.97. The quantitative estimate of drug-likeness (QED) is 0.510. The highest BCUT2D eigenvalue weighted by Crippen LogP contribution is 2.28. The number of likely N-dealkylation sites (N-methyl/N-ethyl adjacent to an activating group) is 1. The molecular formula is C28H37N3O6S. The van der Waals surface area contributed by atoms with Gasteiger partial charge in [0.2, 0.25) is 15.9 Å². The van der Waals surface area contributed by atoms with E-state index in [9.17, 15) is 18.3 Å². The molecule has 1 aromatic carbocycles. The molecule has 1 aliphatic heterocycles. The van der Waals surface area contributed by atoms with E-state index in [1.807, 2.05) is 6.92 Å². The zero-order valence-electron chi connectivity index (χ0n) is 22.8. The normalized spacial score (nSPS) is 18.7. The number of pyridine rings is 1. The smallest absolute Gasteiger partial charge is 0.259 e. The third kappa shape index (κ3) is 6.84. The van der Waals surface area contributed by atoms with Crippen LogP contribution in [0.2, 0.25) is 0 Å². The molecule has 3 atom stereocenters. The summed E-state index contributed by atoms with van der Waals surface area (Å²) >= 11 is 0. The van der Waals surface area contributed by atoms with Crippen molar-refractivity contribution in [2.75, 3.05) is 33.9 Å². The van der Waals surface area contributed by atoms with Gasteiger partial charge < -0.3 is 19.5 Å². The zero-order chi connectivity index (χ0) is 28.0. The first-order valence-electron chi connectivity index (χ1n) is 12.7. The molecule has 0 bridgehead atoms. The minimum atomic E-state index is -3.85. The van der Waals surface area contributed by atoms with Crippen LogP contribution in [0.1, 0.15) is 50.0 Å². The lowest BCUT2D eigenvalue weighted by atomic mass is 10.00. The number of sulfonamides is 1. The summed E-state index contributed by atoms with van der Waals surface area (Å²) in [5.74, 6) is 6.54. The Labute approximate surface area is 225 Å².